The van der Waals surface area contributed by atoms with Crippen LogP contribution in [0.25, 0.3) is 0 Å². The van der Waals surface area contributed by atoms with Crippen LogP contribution in [-0.4, -0.2) is 68.3 Å². The molecule has 0 aliphatic carbocycles. The first-order chi connectivity index (χ1) is 6.77. The average molecular weight is 199 g/mol. The molecule has 0 amide bonds. The van der Waals surface area contributed by atoms with E-state index in [0.717, 1.165) is 45.8 Å². The van der Waals surface area contributed by atoms with Gasteiger partial charge in [0.2, 0.25) is 0 Å². The van der Waals surface area contributed by atoms with Gasteiger partial charge in [-0.1, -0.05) is 0 Å². The Kier molecular flexibility index (Phi) is 3.38. The Morgan fingerprint density at radius 2 is 1.93 bits per heavy atom. The smallest absolute Gasteiger partial charge is 0.0636 e. The molecule has 2 fully saturated rings. The summed E-state index contributed by atoms with van der Waals surface area (Å²) < 4.78 is 5.50. The molecule has 2 atom stereocenters. The second kappa shape index (κ2) is 4.57. The van der Waals surface area contributed by atoms with E-state index in [0.29, 0.717) is 12.1 Å². The maximum Gasteiger partial charge on any atom is 0.0636 e. The van der Waals surface area contributed by atoms with Crippen molar-refractivity contribution in [1.82, 2.24) is 9.80 Å². The van der Waals surface area contributed by atoms with Crippen molar-refractivity contribution in [2.45, 2.75) is 18.5 Å². The number of nitrogens with two attached hydrogens (primary N) is 1. The first-order valence-electron chi connectivity index (χ1n) is 5.53. The standard InChI is InChI=1S/C10H21N3O/c1-12-3-5-13(6-4-12)10-8-14-7-2-9(10)11/h9-10H,2-8,11H2,1H3. The molecule has 14 heavy (non-hydrogen) atoms. The van der Waals surface area contributed by atoms with Gasteiger partial charge in [-0.15, -0.1) is 0 Å². The number of hydrogen-bond donors (Lipinski definition) is 1. The minimum atomic E-state index is 0.312. The van der Waals surface area contributed by atoms with E-state index in [-0.39, 0.29) is 0 Å². The van der Waals surface area contributed by atoms with Crippen LogP contribution in [0, 0.1) is 0 Å². The Hall–Kier alpha value is -0.160. The van der Waals surface area contributed by atoms with E-state index in [2.05, 4.69) is 16.8 Å². The first kappa shape index (κ1) is 10.4. The third-order valence-corrected chi connectivity index (χ3v) is 3.39. The van der Waals surface area contributed by atoms with Crippen LogP contribution in [0.4, 0.5) is 0 Å². The van der Waals surface area contributed by atoms with Crippen LogP contribution in [-0.2, 0) is 4.74 Å². The molecule has 2 aliphatic heterocycles. The summed E-state index contributed by atoms with van der Waals surface area (Å²) in [5, 5.41) is 0. The summed E-state index contributed by atoms with van der Waals surface area (Å²) in [5.41, 5.74) is 6.11. The van der Waals surface area contributed by atoms with Gasteiger partial charge in [0.1, 0.15) is 0 Å². The van der Waals surface area contributed by atoms with Crippen LogP contribution in [0.2, 0.25) is 0 Å². The highest BCUT2D eigenvalue weighted by Gasteiger charge is 2.29. The summed E-state index contributed by atoms with van der Waals surface area (Å²) in [7, 11) is 2.18. The Morgan fingerprint density at radius 3 is 2.57 bits per heavy atom. The molecule has 2 unspecified atom stereocenters. The molecular formula is C10H21N3O. The minimum Gasteiger partial charge on any atom is -0.380 e. The van der Waals surface area contributed by atoms with Crippen molar-refractivity contribution in [3.63, 3.8) is 0 Å². The van der Waals surface area contributed by atoms with Crippen molar-refractivity contribution in [3.05, 3.63) is 0 Å². The molecule has 4 nitrogen and oxygen atoms in total. The zero-order valence-electron chi connectivity index (χ0n) is 8.98. The molecule has 2 rings (SSSR count). The van der Waals surface area contributed by atoms with E-state index in [9.17, 15) is 0 Å². The van der Waals surface area contributed by atoms with Gasteiger partial charge in [0.05, 0.1) is 6.61 Å². The Balaban J connectivity index is 1.87. The zero-order valence-corrected chi connectivity index (χ0v) is 8.98. The van der Waals surface area contributed by atoms with Gasteiger partial charge in [-0.3, -0.25) is 4.90 Å². The molecule has 0 aromatic rings. The number of hydrogen-bond acceptors (Lipinski definition) is 4. The third kappa shape index (κ3) is 2.25. The summed E-state index contributed by atoms with van der Waals surface area (Å²) in [4.78, 5) is 4.86. The van der Waals surface area contributed by atoms with Gasteiger partial charge in [-0.25, -0.2) is 0 Å². The van der Waals surface area contributed by atoms with Crippen molar-refractivity contribution >= 4 is 0 Å². The van der Waals surface area contributed by atoms with Gasteiger partial charge in [-0.2, -0.15) is 0 Å². The molecule has 2 heterocycles. The van der Waals surface area contributed by atoms with Gasteiger partial charge in [0.25, 0.3) is 0 Å². The van der Waals surface area contributed by atoms with E-state index in [4.69, 9.17) is 10.5 Å². The SMILES string of the molecule is CN1CCN(C2COCCC2N)CC1. The number of nitrogens with zero attached hydrogens (tertiary/aromatic N) is 2. The number of piperazine rings is 1. The second-order valence-corrected chi connectivity index (χ2v) is 4.43. The summed E-state index contributed by atoms with van der Waals surface area (Å²) in [6.45, 7) is 6.25. The largest absolute Gasteiger partial charge is 0.380 e. The number of rotatable bonds is 1. The van der Waals surface area contributed by atoms with Gasteiger partial charge in [-0.05, 0) is 13.5 Å². The molecular weight excluding hydrogens is 178 g/mol. The fourth-order valence-corrected chi connectivity index (χ4v) is 2.27. The van der Waals surface area contributed by atoms with E-state index in [1.54, 1.807) is 0 Å². The molecule has 82 valence electrons. The second-order valence-electron chi connectivity index (χ2n) is 4.43. The Morgan fingerprint density at radius 1 is 1.21 bits per heavy atom. The molecule has 2 saturated heterocycles. The lowest BCUT2D eigenvalue weighted by atomic mass is 10.0. The molecule has 0 radical (unpaired) electrons. The quantitative estimate of drug-likeness (QED) is 0.609. The molecule has 4 heteroatoms. The molecule has 0 aromatic heterocycles. The van der Waals surface area contributed by atoms with Crippen molar-refractivity contribution in [1.29, 1.82) is 0 Å². The molecule has 2 aliphatic rings. The van der Waals surface area contributed by atoms with Gasteiger partial charge in [0.15, 0.2) is 0 Å². The minimum absolute atomic E-state index is 0.312. The topological polar surface area (TPSA) is 41.7 Å². The maximum atomic E-state index is 6.11. The lowest BCUT2D eigenvalue weighted by Gasteiger charge is -2.42. The van der Waals surface area contributed by atoms with E-state index in [1.165, 1.54) is 0 Å². The van der Waals surface area contributed by atoms with Crippen LogP contribution < -0.4 is 5.73 Å². The predicted molar refractivity (Wildman–Crippen MR) is 56.3 cm³/mol. The van der Waals surface area contributed by atoms with Crippen molar-refractivity contribution < 1.29 is 4.74 Å². The molecule has 0 bridgehead atoms. The lowest BCUT2D eigenvalue weighted by Crippen LogP contribution is -2.58. The number of likely N-dealkylation sites (N-methyl/N-ethyl adjacent to an activating group) is 1. The van der Waals surface area contributed by atoms with Crippen LogP contribution in [0.3, 0.4) is 0 Å². The fraction of sp³-hybridized carbons (Fsp3) is 1.00. The van der Waals surface area contributed by atoms with Crippen molar-refractivity contribution in [3.8, 4) is 0 Å². The van der Waals surface area contributed by atoms with Crippen molar-refractivity contribution in [2.75, 3.05) is 46.4 Å². The van der Waals surface area contributed by atoms with Crippen molar-refractivity contribution in [2.24, 2.45) is 5.73 Å². The summed E-state index contributed by atoms with van der Waals surface area (Å²) in [5.74, 6) is 0. The van der Waals surface area contributed by atoms with E-state index in [1.807, 2.05) is 0 Å². The normalized spacial score (nSPS) is 37.3. The fourth-order valence-electron chi connectivity index (χ4n) is 2.27. The van der Waals surface area contributed by atoms with Crippen LogP contribution in [0.1, 0.15) is 6.42 Å². The maximum absolute atomic E-state index is 6.11. The third-order valence-electron chi connectivity index (χ3n) is 3.39. The average Bonchev–Trinajstić information content (AvgIpc) is 2.20. The van der Waals surface area contributed by atoms with Gasteiger partial charge in [0, 0.05) is 44.9 Å². The summed E-state index contributed by atoms with van der Waals surface area (Å²) in [6.07, 6.45) is 1.01. The molecule has 0 saturated carbocycles. The van der Waals surface area contributed by atoms with Crippen LogP contribution in [0.15, 0.2) is 0 Å². The summed E-state index contributed by atoms with van der Waals surface area (Å²) in [6, 6.07) is 0.768. The molecule has 0 aromatic carbocycles. The van der Waals surface area contributed by atoms with E-state index < -0.39 is 0 Å². The predicted octanol–water partition coefficient (Wildman–Crippen LogP) is -0.650. The van der Waals surface area contributed by atoms with Crippen LogP contribution in [0.5, 0.6) is 0 Å². The van der Waals surface area contributed by atoms with Gasteiger partial charge >= 0.3 is 0 Å². The monoisotopic (exact) mass is 199 g/mol. The summed E-state index contributed by atoms with van der Waals surface area (Å²) >= 11 is 0. The van der Waals surface area contributed by atoms with Gasteiger partial charge < -0.3 is 15.4 Å². The zero-order chi connectivity index (χ0) is 9.97. The number of ether oxygens (including phenoxy) is 1. The first-order valence-corrected chi connectivity index (χ1v) is 5.53. The lowest BCUT2D eigenvalue weighted by molar-refractivity contribution is -0.00930. The highest BCUT2D eigenvalue weighted by Crippen LogP contribution is 2.14. The molecule has 2 N–H and O–H groups in total. The highest BCUT2D eigenvalue weighted by molar-refractivity contribution is 4.87. The Labute approximate surface area is 86.0 Å². The van der Waals surface area contributed by atoms with E-state index >= 15 is 0 Å². The van der Waals surface area contributed by atoms with Crippen LogP contribution >= 0.6 is 0 Å². The highest BCUT2D eigenvalue weighted by atomic mass is 16.5. The molecule has 0 spiro atoms. The Bertz CT molecular complexity index is 180.